The Labute approximate surface area is 103 Å². The van der Waals surface area contributed by atoms with E-state index in [9.17, 15) is 0 Å². The minimum atomic E-state index is 0.617. The molecule has 16 heavy (non-hydrogen) atoms. The van der Waals surface area contributed by atoms with Crippen LogP contribution in [-0.4, -0.2) is 0 Å². The number of anilines is 2. The molecule has 2 aromatic carbocycles. The molecule has 0 radical (unpaired) electrons. The highest BCUT2D eigenvalue weighted by atomic mass is 79.9. The quantitative estimate of drug-likeness (QED) is 0.895. The van der Waals surface area contributed by atoms with Gasteiger partial charge in [-0.3, -0.25) is 0 Å². The van der Waals surface area contributed by atoms with E-state index in [0.29, 0.717) is 5.56 Å². The Hall–Kier alpha value is -1.79. The fraction of sp³-hybridized carbons (Fsp3) is 0. The molecule has 0 unspecified atom stereocenters. The highest BCUT2D eigenvalue weighted by Crippen LogP contribution is 2.26. The third kappa shape index (κ3) is 2.23. The second-order valence-corrected chi connectivity index (χ2v) is 4.12. The molecular weight excluding hydrogens is 264 g/mol. The van der Waals surface area contributed by atoms with Crippen LogP contribution in [0, 0.1) is 11.3 Å². The van der Waals surface area contributed by atoms with Gasteiger partial charge in [-0.1, -0.05) is 24.3 Å². The van der Waals surface area contributed by atoms with Crippen LogP contribution in [0.3, 0.4) is 0 Å². The Morgan fingerprint density at radius 3 is 2.44 bits per heavy atom. The number of nitrogens with one attached hydrogen (secondary N) is 1. The molecule has 0 aromatic heterocycles. The van der Waals surface area contributed by atoms with Gasteiger partial charge in [-0.25, -0.2) is 0 Å². The number of hydrogen-bond acceptors (Lipinski definition) is 2. The zero-order chi connectivity index (χ0) is 11.4. The van der Waals surface area contributed by atoms with E-state index in [0.717, 1.165) is 15.8 Å². The van der Waals surface area contributed by atoms with Crippen LogP contribution in [0.15, 0.2) is 53.0 Å². The van der Waals surface area contributed by atoms with Crippen molar-refractivity contribution in [2.45, 2.75) is 0 Å². The first-order valence-corrected chi connectivity index (χ1v) is 5.61. The summed E-state index contributed by atoms with van der Waals surface area (Å²) < 4.78 is 0.802. The SMILES string of the molecule is N#Cc1c(Br)cccc1Nc1ccccc1. The van der Waals surface area contributed by atoms with Gasteiger partial charge in [0.15, 0.2) is 0 Å². The van der Waals surface area contributed by atoms with Crippen LogP contribution in [0.25, 0.3) is 0 Å². The molecule has 0 aliphatic carbocycles. The second kappa shape index (κ2) is 4.82. The summed E-state index contributed by atoms with van der Waals surface area (Å²) >= 11 is 3.36. The summed E-state index contributed by atoms with van der Waals surface area (Å²) in [5.74, 6) is 0. The maximum atomic E-state index is 9.06. The third-order valence-corrected chi connectivity index (χ3v) is 2.84. The number of nitrogens with zero attached hydrogens (tertiary/aromatic N) is 1. The van der Waals surface area contributed by atoms with Gasteiger partial charge in [-0.15, -0.1) is 0 Å². The number of para-hydroxylation sites is 1. The molecule has 0 bridgehead atoms. The molecule has 3 heteroatoms. The Balaban J connectivity index is 2.36. The van der Waals surface area contributed by atoms with E-state index in [2.05, 4.69) is 27.3 Å². The zero-order valence-corrected chi connectivity index (χ0v) is 10.0. The predicted molar refractivity (Wildman–Crippen MR) is 68.6 cm³/mol. The molecule has 0 amide bonds. The number of benzene rings is 2. The normalized spacial score (nSPS) is 9.50. The molecule has 0 atom stereocenters. The summed E-state index contributed by atoms with van der Waals surface area (Å²) in [5.41, 5.74) is 2.39. The number of hydrogen-bond donors (Lipinski definition) is 1. The van der Waals surface area contributed by atoms with Crippen LogP contribution in [0.1, 0.15) is 5.56 Å². The Bertz CT molecular complexity index is 529. The van der Waals surface area contributed by atoms with Gasteiger partial charge in [-0.2, -0.15) is 5.26 Å². The van der Waals surface area contributed by atoms with Crippen molar-refractivity contribution in [3.63, 3.8) is 0 Å². The average Bonchev–Trinajstić information content (AvgIpc) is 2.31. The molecule has 0 spiro atoms. The predicted octanol–water partition coefficient (Wildman–Crippen LogP) is 4.06. The van der Waals surface area contributed by atoms with Gasteiger partial charge >= 0.3 is 0 Å². The molecule has 2 nitrogen and oxygen atoms in total. The van der Waals surface area contributed by atoms with Gasteiger partial charge in [0, 0.05) is 10.2 Å². The molecule has 1 N–H and O–H groups in total. The van der Waals surface area contributed by atoms with Crippen molar-refractivity contribution in [1.82, 2.24) is 0 Å². The Morgan fingerprint density at radius 2 is 1.75 bits per heavy atom. The van der Waals surface area contributed by atoms with Gasteiger partial charge in [0.25, 0.3) is 0 Å². The highest BCUT2D eigenvalue weighted by Gasteiger charge is 2.05. The molecule has 0 fully saturated rings. The lowest BCUT2D eigenvalue weighted by atomic mass is 10.2. The number of nitriles is 1. The van der Waals surface area contributed by atoms with Crippen molar-refractivity contribution in [1.29, 1.82) is 5.26 Å². The lowest BCUT2D eigenvalue weighted by Gasteiger charge is -2.08. The fourth-order valence-electron chi connectivity index (χ4n) is 1.42. The topological polar surface area (TPSA) is 35.8 Å². The first-order valence-electron chi connectivity index (χ1n) is 4.82. The molecule has 0 aliphatic heterocycles. The summed E-state index contributed by atoms with van der Waals surface area (Å²) in [6.07, 6.45) is 0. The first kappa shape index (κ1) is 10.7. The van der Waals surface area contributed by atoms with Crippen molar-refractivity contribution >= 4 is 27.3 Å². The largest absolute Gasteiger partial charge is 0.354 e. The standard InChI is InChI=1S/C13H9BrN2/c14-12-7-4-8-13(11(12)9-15)16-10-5-2-1-3-6-10/h1-8,16H. The van der Waals surface area contributed by atoms with Crippen LogP contribution in [0.4, 0.5) is 11.4 Å². The summed E-state index contributed by atoms with van der Waals surface area (Å²) in [7, 11) is 0. The van der Waals surface area contributed by atoms with Crippen molar-refractivity contribution in [3.8, 4) is 6.07 Å². The van der Waals surface area contributed by atoms with E-state index in [1.54, 1.807) is 0 Å². The van der Waals surface area contributed by atoms with E-state index >= 15 is 0 Å². The van der Waals surface area contributed by atoms with Crippen LogP contribution in [-0.2, 0) is 0 Å². The van der Waals surface area contributed by atoms with E-state index in [-0.39, 0.29) is 0 Å². The minimum Gasteiger partial charge on any atom is -0.354 e. The van der Waals surface area contributed by atoms with Crippen LogP contribution in [0.2, 0.25) is 0 Å². The Morgan fingerprint density at radius 1 is 1.00 bits per heavy atom. The molecule has 0 saturated heterocycles. The molecule has 78 valence electrons. The van der Waals surface area contributed by atoms with Gasteiger partial charge in [-0.05, 0) is 40.2 Å². The molecule has 2 rings (SSSR count). The lowest BCUT2D eigenvalue weighted by Crippen LogP contribution is -1.93. The highest BCUT2D eigenvalue weighted by molar-refractivity contribution is 9.10. The van der Waals surface area contributed by atoms with Crippen molar-refractivity contribution in [3.05, 3.63) is 58.6 Å². The zero-order valence-electron chi connectivity index (χ0n) is 8.44. The van der Waals surface area contributed by atoms with Crippen molar-refractivity contribution < 1.29 is 0 Å². The van der Waals surface area contributed by atoms with Crippen LogP contribution >= 0.6 is 15.9 Å². The summed E-state index contributed by atoms with van der Waals surface area (Å²) in [6.45, 7) is 0. The summed E-state index contributed by atoms with van der Waals surface area (Å²) in [6, 6.07) is 17.6. The summed E-state index contributed by atoms with van der Waals surface area (Å²) in [4.78, 5) is 0. The monoisotopic (exact) mass is 272 g/mol. The van der Waals surface area contributed by atoms with Gasteiger partial charge in [0.2, 0.25) is 0 Å². The van der Waals surface area contributed by atoms with Crippen molar-refractivity contribution in [2.24, 2.45) is 0 Å². The summed E-state index contributed by atoms with van der Waals surface area (Å²) in [5, 5.41) is 12.3. The van der Waals surface area contributed by atoms with E-state index in [4.69, 9.17) is 5.26 Å². The average molecular weight is 273 g/mol. The molecule has 0 saturated carbocycles. The minimum absolute atomic E-state index is 0.617. The van der Waals surface area contributed by atoms with Gasteiger partial charge < -0.3 is 5.32 Å². The van der Waals surface area contributed by atoms with E-state index in [1.165, 1.54) is 0 Å². The number of rotatable bonds is 2. The molecule has 0 aliphatic rings. The van der Waals surface area contributed by atoms with Crippen molar-refractivity contribution in [2.75, 3.05) is 5.32 Å². The second-order valence-electron chi connectivity index (χ2n) is 3.27. The van der Waals surface area contributed by atoms with E-state index in [1.807, 2.05) is 48.5 Å². The fourth-order valence-corrected chi connectivity index (χ4v) is 1.87. The maximum Gasteiger partial charge on any atom is 0.103 e. The first-order chi connectivity index (χ1) is 7.81. The van der Waals surface area contributed by atoms with Gasteiger partial charge in [0.05, 0.1) is 11.3 Å². The smallest absolute Gasteiger partial charge is 0.103 e. The molecule has 0 heterocycles. The Kier molecular flexibility index (Phi) is 3.23. The van der Waals surface area contributed by atoms with E-state index < -0.39 is 0 Å². The molecular formula is C13H9BrN2. The number of halogens is 1. The van der Waals surface area contributed by atoms with Gasteiger partial charge in [0.1, 0.15) is 6.07 Å². The van der Waals surface area contributed by atoms with Crippen LogP contribution < -0.4 is 5.32 Å². The third-order valence-electron chi connectivity index (χ3n) is 2.18. The maximum absolute atomic E-state index is 9.06. The molecule has 2 aromatic rings. The van der Waals surface area contributed by atoms with Crippen LogP contribution in [0.5, 0.6) is 0 Å². The lowest BCUT2D eigenvalue weighted by molar-refractivity contribution is 1.44.